The molecule has 0 aliphatic heterocycles. The summed E-state index contributed by atoms with van der Waals surface area (Å²) < 4.78 is 10.5. The van der Waals surface area contributed by atoms with Gasteiger partial charge >= 0.3 is 5.97 Å². The zero-order chi connectivity index (χ0) is 21.2. The molecule has 0 heterocycles. The van der Waals surface area contributed by atoms with Crippen molar-refractivity contribution in [2.45, 2.75) is 6.92 Å². The summed E-state index contributed by atoms with van der Waals surface area (Å²) in [4.78, 5) is 35.5. The number of esters is 1. The van der Waals surface area contributed by atoms with Crippen LogP contribution in [-0.2, 0) is 19.1 Å². The van der Waals surface area contributed by atoms with E-state index in [4.69, 9.17) is 4.74 Å². The molecule has 2 rings (SSSR count). The Morgan fingerprint density at radius 3 is 2.62 bits per heavy atom. The monoisotopic (exact) mass is 461 g/mol. The molecule has 0 bridgehead atoms. The van der Waals surface area contributed by atoms with Crippen molar-refractivity contribution in [3.05, 3.63) is 58.6 Å². The van der Waals surface area contributed by atoms with Crippen molar-refractivity contribution in [3.63, 3.8) is 0 Å². The smallest absolute Gasteiger partial charge is 0.343 e. The molecule has 2 N–H and O–H groups in total. The summed E-state index contributed by atoms with van der Waals surface area (Å²) >= 11 is 3.33. The maximum atomic E-state index is 12.2. The number of benzene rings is 2. The predicted octanol–water partition coefficient (Wildman–Crippen LogP) is 2.73. The van der Waals surface area contributed by atoms with Gasteiger partial charge in [0.05, 0.1) is 19.0 Å². The second-order valence-corrected chi connectivity index (χ2v) is 6.72. The van der Waals surface area contributed by atoms with Gasteiger partial charge in [-0.25, -0.2) is 10.2 Å². The molecule has 0 saturated carbocycles. The lowest BCUT2D eigenvalue weighted by Crippen LogP contribution is -2.34. The van der Waals surface area contributed by atoms with Gasteiger partial charge in [0.2, 0.25) is 5.91 Å². The minimum atomic E-state index is -0.950. The topological polar surface area (TPSA) is 106 Å². The average molecular weight is 462 g/mol. The Morgan fingerprint density at radius 1 is 1.14 bits per heavy atom. The molecule has 0 saturated heterocycles. The molecular weight excluding hydrogens is 442 g/mol. The van der Waals surface area contributed by atoms with Crippen molar-refractivity contribution < 1.29 is 23.9 Å². The lowest BCUT2D eigenvalue weighted by molar-refractivity contribution is -0.143. The Kier molecular flexibility index (Phi) is 8.35. The molecule has 2 aromatic carbocycles. The molecule has 152 valence electrons. The largest absolute Gasteiger partial charge is 0.482 e. The fourth-order valence-electron chi connectivity index (χ4n) is 2.08. The van der Waals surface area contributed by atoms with Gasteiger partial charge in [0.15, 0.2) is 6.61 Å². The Hall–Kier alpha value is -3.20. The van der Waals surface area contributed by atoms with Crippen LogP contribution in [0.1, 0.15) is 12.5 Å². The summed E-state index contributed by atoms with van der Waals surface area (Å²) in [6.45, 7) is 1.27. The third-order valence-corrected chi connectivity index (χ3v) is 4.44. The average Bonchev–Trinajstić information content (AvgIpc) is 2.73. The van der Waals surface area contributed by atoms with E-state index < -0.39 is 23.7 Å². The number of nitrogens with one attached hydrogen (secondary N) is 2. The van der Waals surface area contributed by atoms with Crippen molar-refractivity contribution in [1.82, 2.24) is 5.43 Å². The first-order chi connectivity index (χ1) is 13.9. The number of amides is 2. The molecule has 0 aliphatic carbocycles. The lowest BCUT2D eigenvalue weighted by Gasteiger charge is -2.11. The van der Waals surface area contributed by atoms with Gasteiger partial charge in [0.25, 0.3) is 5.91 Å². The van der Waals surface area contributed by atoms with E-state index in [1.54, 1.807) is 42.5 Å². The molecule has 1 unspecified atom stereocenters. The fraction of sp³-hybridized carbons (Fsp3) is 0.200. The van der Waals surface area contributed by atoms with Crippen LogP contribution in [0.2, 0.25) is 0 Å². The Bertz CT molecular complexity index is 916. The number of hydrogen-bond donors (Lipinski definition) is 2. The van der Waals surface area contributed by atoms with Gasteiger partial charge in [-0.2, -0.15) is 5.10 Å². The van der Waals surface area contributed by atoms with Crippen molar-refractivity contribution >= 4 is 45.6 Å². The van der Waals surface area contributed by atoms with Crippen LogP contribution >= 0.6 is 15.9 Å². The second-order valence-electron chi connectivity index (χ2n) is 5.86. The first-order valence-electron chi connectivity index (χ1n) is 8.58. The molecule has 9 heteroatoms. The summed E-state index contributed by atoms with van der Waals surface area (Å²) in [5.41, 5.74) is 3.54. The first-order valence-corrected chi connectivity index (χ1v) is 9.38. The quantitative estimate of drug-likeness (QED) is 0.272. The highest BCUT2D eigenvalue weighted by atomic mass is 79.9. The van der Waals surface area contributed by atoms with Crippen molar-refractivity contribution in [2.75, 3.05) is 19.0 Å². The highest BCUT2D eigenvalue weighted by Crippen LogP contribution is 2.21. The van der Waals surface area contributed by atoms with Gasteiger partial charge in [-0.05, 0) is 52.7 Å². The number of methoxy groups -OCH3 is 1. The number of hydrogen-bond acceptors (Lipinski definition) is 6. The number of ether oxygens (including phenoxy) is 2. The molecule has 0 fully saturated rings. The molecule has 2 amide bonds. The van der Waals surface area contributed by atoms with Gasteiger partial charge in [0, 0.05) is 4.47 Å². The summed E-state index contributed by atoms with van der Waals surface area (Å²) in [7, 11) is 1.28. The van der Waals surface area contributed by atoms with E-state index in [9.17, 15) is 14.4 Å². The Morgan fingerprint density at radius 2 is 1.90 bits per heavy atom. The number of rotatable bonds is 8. The van der Waals surface area contributed by atoms with Crippen LogP contribution in [0.25, 0.3) is 0 Å². The standard InChI is InChI=1S/C20H20BrN3O5/c1-13(19(26)23-17-9-4-3-8-16(17)21)20(27)24-22-11-14-6-5-7-15(10-14)29-12-18(25)28-2/h3-11,13H,12H2,1-2H3,(H,23,26)(H,24,27). The molecule has 8 nitrogen and oxygen atoms in total. The normalized spacial score (nSPS) is 11.6. The van der Waals surface area contributed by atoms with Gasteiger partial charge in [-0.15, -0.1) is 0 Å². The number of anilines is 1. The SMILES string of the molecule is COC(=O)COc1cccc(C=NNC(=O)C(C)C(=O)Nc2ccccc2Br)c1. The highest BCUT2D eigenvalue weighted by molar-refractivity contribution is 9.10. The van der Waals surface area contributed by atoms with E-state index in [1.165, 1.54) is 20.2 Å². The van der Waals surface area contributed by atoms with E-state index in [-0.39, 0.29) is 6.61 Å². The van der Waals surface area contributed by atoms with E-state index in [0.29, 0.717) is 21.5 Å². The van der Waals surface area contributed by atoms with Crippen LogP contribution in [0.15, 0.2) is 58.1 Å². The van der Waals surface area contributed by atoms with Crippen LogP contribution in [0, 0.1) is 5.92 Å². The zero-order valence-electron chi connectivity index (χ0n) is 15.8. The van der Waals surface area contributed by atoms with E-state index in [2.05, 4.69) is 36.5 Å². The number of para-hydroxylation sites is 1. The van der Waals surface area contributed by atoms with Gasteiger partial charge in [-0.3, -0.25) is 9.59 Å². The summed E-state index contributed by atoms with van der Waals surface area (Å²) in [6.07, 6.45) is 1.40. The molecule has 29 heavy (non-hydrogen) atoms. The Labute approximate surface area is 176 Å². The van der Waals surface area contributed by atoms with Crippen LogP contribution in [0.5, 0.6) is 5.75 Å². The third kappa shape index (κ3) is 7.04. The van der Waals surface area contributed by atoms with Crippen LogP contribution < -0.4 is 15.5 Å². The van der Waals surface area contributed by atoms with E-state index >= 15 is 0 Å². The summed E-state index contributed by atoms with van der Waals surface area (Å²) in [6, 6.07) is 13.9. The maximum absolute atomic E-state index is 12.2. The first kappa shape index (κ1) is 22.1. The fourth-order valence-corrected chi connectivity index (χ4v) is 2.46. The molecule has 2 aromatic rings. The van der Waals surface area contributed by atoms with Crippen LogP contribution in [0.3, 0.4) is 0 Å². The molecule has 0 radical (unpaired) electrons. The second kappa shape index (κ2) is 11.0. The third-order valence-electron chi connectivity index (χ3n) is 3.75. The van der Waals surface area contributed by atoms with Gasteiger partial charge < -0.3 is 14.8 Å². The summed E-state index contributed by atoms with van der Waals surface area (Å²) in [5.74, 6) is -2.00. The van der Waals surface area contributed by atoms with Gasteiger partial charge in [0.1, 0.15) is 11.7 Å². The van der Waals surface area contributed by atoms with Crippen molar-refractivity contribution in [1.29, 1.82) is 0 Å². The molecule has 1 atom stereocenters. The van der Waals surface area contributed by atoms with E-state index in [1.807, 2.05) is 6.07 Å². The minimum Gasteiger partial charge on any atom is -0.482 e. The maximum Gasteiger partial charge on any atom is 0.343 e. The number of hydrazone groups is 1. The van der Waals surface area contributed by atoms with Crippen molar-refractivity contribution in [3.8, 4) is 5.75 Å². The number of halogens is 1. The zero-order valence-corrected chi connectivity index (χ0v) is 17.4. The number of carbonyl (C=O) groups is 3. The molecule has 0 aromatic heterocycles. The van der Waals surface area contributed by atoms with Crippen LogP contribution in [-0.4, -0.2) is 37.7 Å². The van der Waals surface area contributed by atoms with E-state index in [0.717, 1.165) is 0 Å². The summed E-state index contributed by atoms with van der Waals surface area (Å²) in [5, 5.41) is 6.54. The number of nitrogens with zero attached hydrogens (tertiary/aromatic N) is 1. The molecule has 0 spiro atoms. The molecular formula is C20H20BrN3O5. The van der Waals surface area contributed by atoms with Gasteiger partial charge in [-0.1, -0.05) is 24.3 Å². The minimum absolute atomic E-state index is 0.210. The predicted molar refractivity (Wildman–Crippen MR) is 112 cm³/mol. The lowest BCUT2D eigenvalue weighted by atomic mass is 10.1. The van der Waals surface area contributed by atoms with Crippen molar-refractivity contribution in [2.24, 2.45) is 11.0 Å². The number of carbonyl (C=O) groups excluding carboxylic acids is 3. The van der Waals surface area contributed by atoms with Crippen LogP contribution in [0.4, 0.5) is 5.69 Å². The molecule has 0 aliphatic rings. The highest BCUT2D eigenvalue weighted by Gasteiger charge is 2.21. The Balaban J connectivity index is 1.89.